The highest BCUT2D eigenvalue weighted by atomic mass is 16.4. The summed E-state index contributed by atoms with van der Waals surface area (Å²) in [6, 6.07) is 4.27. The van der Waals surface area contributed by atoms with Crippen LogP contribution in [0.25, 0.3) is 10.9 Å². The van der Waals surface area contributed by atoms with Crippen LogP contribution < -0.4 is 0 Å². The molecule has 1 heterocycles. The molecule has 1 aromatic carbocycles. The minimum absolute atomic E-state index is 0.162. The van der Waals surface area contributed by atoms with Crippen LogP contribution in [0.15, 0.2) is 12.1 Å². The molecule has 3 rings (SSSR count). The summed E-state index contributed by atoms with van der Waals surface area (Å²) in [4.78, 5) is 14.6. The molecule has 1 unspecified atom stereocenters. The van der Waals surface area contributed by atoms with E-state index in [1.54, 1.807) is 0 Å². The number of carboxylic acid groups (broad SMARTS) is 1. The summed E-state index contributed by atoms with van der Waals surface area (Å²) in [6.07, 6.45) is 3.35. The monoisotopic (exact) mass is 257 g/mol. The Kier molecular flexibility index (Phi) is 2.85. The first-order chi connectivity index (χ1) is 9.08. The number of rotatable bonds is 2. The molecule has 2 aromatic rings. The lowest BCUT2D eigenvalue weighted by Gasteiger charge is -2.22. The van der Waals surface area contributed by atoms with Gasteiger partial charge in [-0.3, -0.25) is 4.79 Å². The van der Waals surface area contributed by atoms with Gasteiger partial charge < -0.3 is 10.1 Å². The number of hydrogen-bond acceptors (Lipinski definition) is 1. The fraction of sp³-hybridized carbons (Fsp3) is 0.438. The van der Waals surface area contributed by atoms with Crippen molar-refractivity contribution in [1.29, 1.82) is 0 Å². The van der Waals surface area contributed by atoms with Crippen molar-refractivity contribution in [3.63, 3.8) is 0 Å². The van der Waals surface area contributed by atoms with Crippen LogP contribution >= 0.6 is 0 Å². The highest BCUT2D eigenvalue weighted by Crippen LogP contribution is 2.40. The number of aliphatic carboxylic acids is 1. The number of H-pyrrole nitrogens is 1. The first-order valence-corrected chi connectivity index (χ1v) is 6.90. The van der Waals surface area contributed by atoms with Crippen molar-refractivity contribution < 1.29 is 9.90 Å². The molecule has 1 aliphatic rings. The standard InChI is InChI=1S/C16H19NO2/c1-9-6-7-10(2)16-14(9)15-11(8-13(18)19)4-3-5-12(15)17-16/h6-7,11,17H,3-5,8H2,1-2H3,(H,18,19). The number of aromatic amines is 1. The highest BCUT2D eigenvalue weighted by molar-refractivity contribution is 5.91. The molecular formula is C16H19NO2. The number of fused-ring (bicyclic) bond motifs is 3. The third-order valence-corrected chi connectivity index (χ3v) is 4.30. The summed E-state index contributed by atoms with van der Waals surface area (Å²) in [6.45, 7) is 4.22. The molecule has 3 heteroatoms. The second-order valence-electron chi connectivity index (χ2n) is 5.65. The summed E-state index contributed by atoms with van der Waals surface area (Å²) in [5, 5.41) is 10.4. The van der Waals surface area contributed by atoms with Gasteiger partial charge >= 0.3 is 5.97 Å². The zero-order valence-electron chi connectivity index (χ0n) is 11.4. The van der Waals surface area contributed by atoms with Gasteiger partial charge in [-0.2, -0.15) is 0 Å². The lowest BCUT2D eigenvalue weighted by atomic mass is 9.82. The number of nitrogens with one attached hydrogen (secondary N) is 1. The van der Waals surface area contributed by atoms with E-state index in [9.17, 15) is 4.79 Å². The van der Waals surface area contributed by atoms with Gasteiger partial charge in [-0.1, -0.05) is 12.1 Å². The van der Waals surface area contributed by atoms with E-state index in [1.807, 2.05) is 0 Å². The molecule has 0 bridgehead atoms. The first-order valence-electron chi connectivity index (χ1n) is 6.90. The van der Waals surface area contributed by atoms with E-state index in [-0.39, 0.29) is 12.3 Å². The van der Waals surface area contributed by atoms with Crippen LogP contribution in [0.4, 0.5) is 0 Å². The van der Waals surface area contributed by atoms with Gasteiger partial charge in [0.2, 0.25) is 0 Å². The van der Waals surface area contributed by atoms with E-state index >= 15 is 0 Å². The number of aryl methyl sites for hydroxylation is 3. The van der Waals surface area contributed by atoms with Crippen LogP contribution in [-0.2, 0) is 11.2 Å². The Morgan fingerprint density at radius 2 is 2.11 bits per heavy atom. The Labute approximate surface area is 112 Å². The molecule has 2 N–H and O–H groups in total. The summed E-state index contributed by atoms with van der Waals surface area (Å²) in [5.41, 5.74) is 6.21. The lowest BCUT2D eigenvalue weighted by molar-refractivity contribution is -0.137. The predicted octanol–water partition coefficient (Wildman–Crippen LogP) is 3.68. The number of hydrogen-bond donors (Lipinski definition) is 2. The van der Waals surface area contributed by atoms with Crippen LogP contribution in [0.3, 0.4) is 0 Å². The molecule has 0 amide bonds. The molecule has 0 spiro atoms. The van der Waals surface area contributed by atoms with Gasteiger partial charge in [0.25, 0.3) is 0 Å². The largest absolute Gasteiger partial charge is 0.481 e. The fourth-order valence-electron chi connectivity index (χ4n) is 3.42. The number of carbonyl (C=O) groups is 1. The van der Waals surface area contributed by atoms with Gasteiger partial charge in [-0.15, -0.1) is 0 Å². The maximum Gasteiger partial charge on any atom is 0.303 e. The van der Waals surface area contributed by atoms with Crippen LogP contribution in [-0.4, -0.2) is 16.1 Å². The van der Waals surface area contributed by atoms with Crippen LogP contribution in [0.1, 0.15) is 47.6 Å². The Morgan fingerprint density at radius 3 is 2.84 bits per heavy atom. The maximum absolute atomic E-state index is 11.1. The van der Waals surface area contributed by atoms with E-state index in [1.165, 1.54) is 33.3 Å². The van der Waals surface area contributed by atoms with Crippen molar-refractivity contribution in [2.24, 2.45) is 0 Å². The van der Waals surface area contributed by atoms with Gasteiger partial charge in [0.15, 0.2) is 0 Å². The molecule has 19 heavy (non-hydrogen) atoms. The van der Waals surface area contributed by atoms with Crippen molar-refractivity contribution in [2.75, 3.05) is 0 Å². The molecule has 1 aliphatic carbocycles. The quantitative estimate of drug-likeness (QED) is 0.862. The van der Waals surface area contributed by atoms with Gasteiger partial charge in [-0.05, 0) is 55.7 Å². The molecule has 0 saturated heterocycles. The fourth-order valence-corrected chi connectivity index (χ4v) is 3.42. The summed E-state index contributed by atoms with van der Waals surface area (Å²) < 4.78 is 0. The summed E-state index contributed by atoms with van der Waals surface area (Å²) >= 11 is 0. The lowest BCUT2D eigenvalue weighted by Crippen LogP contribution is -2.12. The number of benzene rings is 1. The Morgan fingerprint density at radius 1 is 1.37 bits per heavy atom. The molecular weight excluding hydrogens is 238 g/mol. The van der Waals surface area contributed by atoms with E-state index in [0.29, 0.717) is 0 Å². The molecule has 0 fully saturated rings. The number of aromatic nitrogens is 1. The molecule has 1 aromatic heterocycles. The third-order valence-electron chi connectivity index (χ3n) is 4.30. The Balaban J connectivity index is 2.24. The summed E-state index contributed by atoms with van der Waals surface area (Å²) in [7, 11) is 0. The number of carboxylic acids is 1. The summed E-state index contributed by atoms with van der Waals surface area (Å²) in [5.74, 6) is -0.534. The Hall–Kier alpha value is -1.77. The van der Waals surface area contributed by atoms with E-state index < -0.39 is 5.97 Å². The SMILES string of the molecule is Cc1ccc(C)c2c3c([nH]c12)CCCC3CC(=O)O. The average molecular weight is 257 g/mol. The molecule has 0 aliphatic heterocycles. The Bertz CT molecular complexity index is 654. The zero-order chi connectivity index (χ0) is 13.6. The van der Waals surface area contributed by atoms with E-state index in [4.69, 9.17) is 5.11 Å². The zero-order valence-corrected chi connectivity index (χ0v) is 11.4. The maximum atomic E-state index is 11.1. The van der Waals surface area contributed by atoms with Crippen molar-refractivity contribution in [3.8, 4) is 0 Å². The topological polar surface area (TPSA) is 53.1 Å². The predicted molar refractivity (Wildman–Crippen MR) is 75.7 cm³/mol. The van der Waals surface area contributed by atoms with Gasteiger partial charge in [0.1, 0.15) is 0 Å². The van der Waals surface area contributed by atoms with Crippen molar-refractivity contribution in [2.45, 2.75) is 45.4 Å². The second-order valence-corrected chi connectivity index (χ2v) is 5.65. The molecule has 0 radical (unpaired) electrons. The van der Waals surface area contributed by atoms with Gasteiger partial charge in [-0.25, -0.2) is 0 Å². The molecule has 0 saturated carbocycles. The van der Waals surface area contributed by atoms with Crippen LogP contribution in [0, 0.1) is 13.8 Å². The molecule has 3 nitrogen and oxygen atoms in total. The van der Waals surface area contributed by atoms with E-state index in [0.717, 1.165) is 19.3 Å². The van der Waals surface area contributed by atoms with Gasteiger partial charge in [0.05, 0.1) is 6.42 Å². The third kappa shape index (κ3) is 1.93. The van der Waals surface area contributed by atoms with Crippen molar-refractivity contribution in [3.05, 3.63) is 34.5 Å². The van der Waals surface area contributed by atoms with Crippen LogP contribution in [0.2, 0.25) is 0 Å². The minimum atomic E-state index is -0.697. The molecule has 1 atom stereocenters. The van der Waals surface area contributed by atoms with Gasteiger partial charge in [0, 0.05) is 16.6 Å². The van der Waals surface area contributed by atoms with Crippen molar-refractivity contribution >= 4 is 16.9 Å². The first kappa shape index (κ1) is 12.3. The van der Waals surface area contributed by atoms with Crippen molar-refractivity contribution in [1.82, 2.24) is 4.98 Å². The highest BCUT2D eigenvalue weighted by Gasteiger charge is 2.27. The second kappa shape index (κ2) is 4.41. The molecule has 100 valence electrons. The average Bonchev–Trinajstić information content (AvgIpc) is 2.75. The minimum Gasteiger partial charge on any atom is -0.481 e. The van der Waals surface area contributed by atoms with Crippen LogP contribution in [0.5, 0.6) is 0 Å². The smallest absolute Gasteiger partial charge is 0.303 e. The normalized spacial score (nSPS) is 18.5. The van der Waals surface area contributed by atoms with E-state index in [2.05, 4.69) is 31.0 Å².